The van der Waals surface area contributed by atoms with E-state index < -0.39 is 94.6 Å². The lowest BCUT2D eigenvalue weighted by Crippen LogP contribution is -2.45. The van der Waals surface area contributed by atoms with Crippen LogP contribution in [0.3, 0.4) is 0 Å². The number of benzene rings is 1. The maximum atomic E-state index is 12.4. The molecule has 3 atom stereocenters. The zero-order valence-corrected chi connectivity index (χ0v) is 64.3. The number of nitrogens with two attached hydrogens (primary N) is 3. The summed E-state index contributed by atoms with van der Waals surface area (Å²) in [5.74, 6) is -5.61. The predicted octanol–water partition coefficient (Wildman–Crippen LogP) is 3.10. The molecular formula is C68H98Cl2IN15O27S. The van der Waals surface area contributed by atoms with E-state index in [0.29, 0.717) is 96.5 Å². The van der Waals surface area contributed by atoms with Crippen LogP contribution in [0.15, 0.2) is 168 Å². The zero-order valence-electron chi connectivity index (χ0n) is 59.8. The van der Waals surface area contributed by atoms with Crippen molar-refractivity contribution in [3.8, 4) is 5.75 Å². The van der Waals surface area contributed by atoms with Crippen LogP contribution in [0.1, 0.15) is 85.8 Å². The molecular weight excluding hydrogens is 1690 g/mol. The monoisotopic (exact) mass is 1790 g/mol. The van der Waals surface area contributed by atoms with Crippen molar-refractivity contribution < 1.29 is 124 Å². The third-order valence-electron chi connectivity index (χ3n) is 13.4. The Kier molecular flexibility index (Phi) is 62.4. The number of rotatable bonds is 19. The van der Waals surface area contributed by atoms with E-state index in [1.54, 1.807) is 48.6 Å². The van der Waals surface area contributed by atoms with Crippen molar-refractivity contribution in [3.63, 3.8) is 0 Å². The number of isothiocyanates is 1. The van der Waals surface area contributed by atoms with Crippen LogP contribution in [0.2, 0.25) is 10.0 Å². The minimum absolute atomic E-state index is 0. The van der Waals surface area contributed by atoms with Crippen molar-refractivity contribution in [2.45, 2.75) is 98.5 Å². The molecule has 0 saturated heterocycles. The van der Waals surface area contributed by atoms with E-state index in [1.807, 2.05) is 16.2 Å². The summed E-state index contributed by atoms with van der Waals surface area (Å²) in [5.41, 5.74) is 20.4. The lowest BCUT2D eigenvalue weighted by molar-refractivity contribution is -0.418. The molecule has 0 saturated carbocycles. The summed E-state index contributed by atoms with van der Waals surface area (Å²) in [6.07, 6.45) is 20.6. The van der Waals surface area contributed by atoms with E-state index >= 15 is 0 Å². The fourth-order valence-corrected chi connectivity index (χ4v) is 8.74. The molecule has 0 bridgehead atoms. The third-order valence-corrected chi connectivity index (χ3v) is 14.0. The van der Waals surface area contributed by atoms with Gasteiger partial charge in [-0.15, -0.1) is 4.99 Å². The largest absolute Gasteiger partial charge is 0.506 e. The second-order valence-corrected chi connectivity index (χ2v) is 22.4. The molecule has 1 aromatic carbocycles. The molecule has 8 aliphatic rings. The number of carboxylic acid groups (broad SMARTS) is 4. The minimum Gasteiger partial charge on any atom is -0.506 e. The number of aliphatic hydroxyl groups is 4. The number of phenolic OH excluding ortho intramolecular Hbond substituents is 1. The number of β-amino-alcohol motifs (C(OH)–C–C–N with tert-alkyl or cyclic N) is 2. The van der Waals surface area contributed by atoms with Crippen LogP contribution < -0.4 is 54.7 Å². The first-order valence-corrected chi connectivity index (χ1v) is 34.8. The van der Waals surface area contributed by atoms with E-state index in [4.69, 9.17) is 76.4 Å². The molecule has 0 fully saturated rings. The van der Waals surface area contributed by atoms with Crippen LogP contribution in [0, 0.1) is 20.2 Å². The number of ether oxygens (including phenoxy) is 2. The number of carboxylic acids is 4. The molecule has 1 aromatic rings. The Morgan fingerprint density at radius 3 is 1.46 bits per heavy atom. The first-order valence-electron chi connectivity index (χ1n) is 31.5. The lowest BCUT2D eigenvalue weighted by Gasteiger charge is -2.20. The summed E-state index contributed by atoms with van der Waals surface area (Å²) in [4.78, 5) is 134. The molecule has 0 spiro atoms. The number of nitrogens with one attached hydrogen (secondary N) is 7. The highest BCUT2D eigenvalue weighted by molar-refractivity contribution is 14.1. The maximum Gasteiger partial charge on any atom is 0.334 e. The number of nitrogens with zero attached hydrogens (tertiary/aromatic N) is 5. The molecule has 634 valence electrons. The number of guanidine groups is 2. The number of carbonyl (C=O) groups is 9. The molecule has 2 unspecified atom stereocenters. The Morgan fingerprint density at radius 2 is 1.14 bits per heavy atom. The summed E-state index contributed by atoms with van der Waals surface area (Å²) >= 11 is 18.1. The number of phenols is 1. The number of halogens is 3. The Hall–Kier alpha value is -10.8. The number of carbonyl (C=O) groups excluding carboxylic acids is 5. The molecule has 46 heteroatoms. The summed E-state index contributed by atoms with van der Waals surface area (Å²) in [6.45, 7) is 2.87. The zero-order chi connectivity index (χ0) is 84.9. The number of esters is 2. The Labute approximate surface area is 683 Å². The lowest BCUT2D eigenvalue weighted by atomic mass is 10.0. The molecule has 42 nitrogen and oxygen atoms in total. The van der Waals surface area contributed by atoms with E-state index in [1.165, 1.54) is 51.5 Å². The van der Waals surface area contributed by atoms with Crippen molar-refractivity contribution in [1.29, 1.82) is 0 Å². The highest BCUT2D eigenvalue weighted by Crippen LogP contribution is 2.36. The molecule has 2 aliphatic heterocycles. The number of aromatic hydroxyl groups is 1. The third kappa shape index (κ3) is 47.5. The predicted molar refractivity (Wildman–Crippen MR) is 431 cm³/mol. The first-order chi connectivity index (χ1) is 52.6. The number of aliphatic carboxylic acids is 4. The molecule has 114 heavy (non-hydrogen) atoms. The smallest absolute Gasteiger partial charge is 0.334 e. The van der Waals surface area contributed by atoms with Crippen LogP contribution in [-0.4, -0.2) is 227 Å². The van der Waals surface area contributed by atoms with Crippen LogP contribution in [0.4, 0.5) is 0 Å². The average molecular weight is 1790 g/mol. The Bertz CT molecular complexity index is 3940. The van der Waals surface area contributed by atoms with E-state index in [9.17, 15) is 83.8 Å². The van der Waals surface area contributed by atoms with Crippen LogP contribution in [0.5, 0.6) is 5.75 Å². The quantitative estimate of drug-likeness (QED) is 0.0138. The van der Waals surface area contributed by atoms with Gasteiger partial charge in [-0.3, -0.25) is 54.6 Å². The van der Waals surface area contributed by atoms with Gasteiger partial charge in [-0.25, -0.2) is 29.2 Å². The molecule has 3 amide bonds. The number of alkyl halides is 1. The van der Waals surface area contributed by atoms with Gasteiger partial charge in [0.15, 0.2) is 11.9 Å². The molecule has 0 radical (unpaired) electrons. The standard InChI is InChI=1S/C21H23Cl2N5O6.C10H13N3O3.C7H7NO4.C7H9NO2.C6H5NO4.C6H6O2.C3H10N2O.C3H3NOS.CH3I.CH4O.3CH4.H3NO3/c22-11-4-14(19(33)15(23)5-11)16(6-18(31)32)28-17(30)9-24-20(34)10-1-2-12(3-10)27-21-25-7-13(29)8-26-21;14-8-4-11-10(12-5-8)13-7-2-1-6(3-7)9(15)16;1-12-7(9)5-2-3-6(4-5)8(10)11;1-10-7(9)5-2-3-6(8)4-5;8-6(9)4-1-2-5(3-4)7(10)11;7-6(8)5-3-1-2-4-5;4-1-3(6)2-5;1-3(5)4-2-6;2*1-2;;;;2-1-4-3/h2-5,13,16,29,33H,1,6-9H2,(H,24,34)(H,28,30)(H,31,32)(H2,25,26,27);2-3,8,14H,1,4-5H2,(H,15,16)(H2,11,12,13);3-4H,2H2,1H3;3-4H,2,8H2,1H3;2-3H,1H2,(H,8,9);1-3H,4H2,(H,7,8);3,6H,1-2,4-5H2;1H3;1H3;2H,1H3;3*1H4;1-3H/t16-;;;;;;;;;;;;;/m0............./s1. The van der Waals surface area contributed by atoms with Crippen molar-refractivity contribution >= 4 is 129 Å². The number of hydrogen-bond acceptors (Lipinski definition) is 34. The van der Waals surface area contributed by atoms with Gasteiger partial charge in [0.1, 0.15) is 5.75 Å². The van der Waals surface area contributed by atoms with Gasteiger partial charge >= 0.3 is 35.8 Å². The Balaban J connectivity index is -0.000000420. The molecule has 9 rings (SSSR count). The van der Waals surface area contributed by atoms with Crippen LogP contribution in [-0.2, 0) is 57.6 Å². The summed E-state index contributed by atoms with van der Waals surface area (Å²) < 4.78 is 8.89. The SMILES string of the molecule is C.C.C.CC(=O)N=C=S.CI.CO.COC(=O)C1=CC(N)=CC1.COC(=O)C1=CC([N+](=O)[O-])=CC1.NCC(O)CN.O=C(O)C1=CC(NC2=NCC(O)CN2)=CC1.O=C(O)C1=CC([N+](=O)[O-])=CC1.O=C(O)C1=CC=CC1.O=C(O)C[C@H](NC(=O)CNC(=O)C1=CC(NC2=NCC(O)CN2)=CC1)c1cc(Cl)cc(Cl)c1O.ONOO. The van der Waals surface area contributed by atoms with Gasteiger partial charge < -0.3 is 105 Å². The van der Waals surface area contributed by atoms with Gasteiger partial charge in [0.05, 0.1) is 84.7 Å². The highest BCUT2D eigenvalue weighted by Gasteiger charge is 2.26. The average Bonchev–Trinajstić information content (AvgIpc) is 1.38. The number of hydrogen-bond donors (Lipinski definition) is 21. The summed E-state index contributed by atoms with van der Waals surface area (Å²) in [7, 11) is 3.60. The van der Waals surface area contributed by atoms with Gasteiger partial charge in [-0.2, -0.15) is 4.99 Å². The fourth-order valence-electron chi connectivity index (χ4n) is 8.11. The summed E-state index contributed by atoms with van der Waals surface area (Å²) in [6, 6.07) is 1.48. The second-order valence-electron chi connectivity index (χ2n) is 21.3. The number of aliphatic hydroxyl groups excluding tert-OH is 4. The van der Waals surface area contributed by atoms with Crippen LogP contribution in [0.25, 0.3) is 0 Å². The normalized spacial score (nSPS) is 15.6. The number of thiocarbonyl (C=S) groups is 1. The second kappa shape index (κ2) is 63.7. The van der Waals surface area contributed by atoms with Gasteiger partial charge in [0, 0.05) is 126 Å². The number of nitro groups is 2. The van der Waals surface area contributed by atoms with E-state index in [0.717, 1.165) is 24.5 Å². The Morgan fingerprint density at radius 1 is 0.711 bits per heavy atom. The first kappa shape index (κ1) is 112. The van der Waals surface area contributed by atoms with Crippen molar-refractivity contribution in [2.24, 2.45) is 32.2 Å². The molecule has 0 aromatic heterocycles. The van der Waals surface area contributed by atoms with E-state index in [-0.39, 0.29) is 99.2 Å². The topological polar surface area (TPSA) is 689 Å². The highest BCUT2D eigenvalue weighted by atomic mass is 127. The van der Waals surface area contributed by atoms with Crippen LogP contribution >= 0.6 is 58.0 Å². The molecule has 6 aliphatic carbocycles. The van der Waals surface area contributed by atoms with Gasteiger partial charge in [-0.05, 0) is 91.0 Å². The number of aliphatic imine (C=N–C) groups is 3. The fraction of sp³-hybridized carbons (Fsp3) is 0.382. The number of amides is 3. The summed E-state index contributed by atoms with van der Waals surface area (Å²) in [5, 5.41) is 132. The minimum atomic E-state index is -1.22. The van der Waals surface area contributed by atoms with Gasteiger partial charge in [0.2, 0.25) is 11.8 Å². The van der Waals surface area contributed by atoms with Gasteiger partial charge in [0.25, 0.3) is 17.3 Å². The van der Waals surface area contributed by atoms with Crippen molar-refractivity contribution in [3.05, 3.63) is 189 Å². The van der Waals surface area contributed by atoms with E-state index in [2.05, 4.69) is 96.1 Å². The maximum absolute atomic E-state index is 12.4. The van der Waals surface area contributed by atoms with Gasteiger partial charge in [-0.1, -0.05) is 105 Å². The molecule has 2 heterocycles. The van der Waals surface area contributed by atoms with Crippen molar-refractivity contribution in [2.75, 3.05) is 72.1 Å². The number of methoxy groups -OCH3 is 2. The number of allylic oxidation sites excluding steroid dienone is 13. The molecule has 24 N–H and O–H groups in total. The van der Waals surface area contributed by atoms with Crippen molar-refractivity contribution in [1.82, 2.24) is 37.5 Å².